The highest BCUT2D eigenvalue weighted by atomic mass is 16.4. The third kappa shape index (κ3) is 4.99. The molecule has 1 fully saturated rings. The van der Waals surface area contributed by atoms with E-state index in [1.807, 2.05) is 13.8 Å². The van der Waals surface area contributed by atoms with Crippen LogP contribution in [0.4, 0.5) is 0 Å². The standard InChI is InChI=1S/C14H30N4O/c1-12-11-17(4)8-6-10-18(12)9-5-7-14(2,3)13(15)16-19/h12,19H,5-11H2,1-4H3,(H2,15,16). The molecule has 0 amide bonds. The molecule has 112 valence electrons. The van der Waals surface area contributed by atoms with E-state index in [0.717, 1.165) is 25.9 Å². The van der Waals surface area contributed by atoms with Crippen molar-refractivity contribution < 1.29 is 5.21 Å². The first kappa shape index (κ1) is 16.2. The summed E-state index contributed by atoms with van der Waals surface area (Å²) in [6.07, 6.45) is 3.27. The number of nitrogens with zero attached hydrogens (tertiary/aromatic N) is 3. The predicted octanol–water partition coefficient (Wildman–Crippen LogP) is 1.57. The molecule has 1 heterocycles. The molecule has 1 atom stereocenters. The third-order valence-corrected chi connectivity index (χ3v) is 4.23. The molecule has 19 heavy (non-hydrogen) atoms. The summed E-state index contributed by atoms with van der Waals surface area (Å²) < 4.78 is 0. The van der Waals surface area contributed by atoms with E-state index >= 15 is 0 Å². The van der Waals surface area contributed by atoms with Crippen LogP contribution in [-0.2, 0) is 0 Å². The van der Waals surface area contributed by atoms with Crippen molar-refractivity contribution in [3.05, 3.63) is 0 Å². The van der Waals surface area contributed by atoms with Crippen molar-refractivity contribution in [3.8, 4) is 0 Å². The summed E-state index contributed by atoms with van der Waals surface area (Å²) in [5.74, 6) is 0.330. The maximum Gasteiger partial charge on any atom is 0.144 e. The van der Waals surface area contributed by atoms with Gasteiger partial charge in [-0.25, -0.2) is 0 Å². The molecular weight excluding hydrogens is 240 g/mol. The Morgan fingerprint density at radius 3 is 2.74 bits per heavy atom. The molecule has 1 rings (SSSR count). The van der Waals surface area contributed by atoms with E-state index in [1.54, 1.807) is 0 Å². The van der Waals surface area contributed by atoms with Crippen molar-refractivity contribution in [2.75, 3.05) is 33.2 Å². The van der Waals surface area contributed by atoms with Crippen LogP contribution in [0.1, 0.15) is 40.0 Å². The fourth-order valence-electron chi connectivity index (χ4n) is 2.74. The van der Waals surface area contributed by atoms with Gasteiger partial charge in [0.15, 0.2) is 0 Å². The number of hydrogen-bond acceptors (Lipinski definition) is 4. The zero-order valence-corrected chi connectivity index (χ0v) is 12.9. The van der Waals surface area contributed by atoms with E-state index < -0.39 is 0 Å². The Hall–Kier alpha value is -0.810. The Morgan fingerprint density at radius 1 is 1.42 bits per heavy atom. The third-order valence-electron chi connectivity index (χ3n) is 4.23. The Balaban J connectivity index is 2.40. The van der Waals surface area contributed by atoms with Gasteiger partial charge in [0.2, 0.25) is 0 Å². The second-order valence-corrected chi connectivity index (χ2v) is 6.47. The first-order valence-corrected chi connectivity index (χ1v) is 7.27. The molecule has 0 spiro atoms. The van der Waals surface area contributed by atoms with E-state index in [4.69, 9.17) is 10.9 Å². The summed E-state index contributed by atoms with van der Waals surface area (Å²) in [5.41, 5.74) is 5.50. The van der Waals surface area contributed by atoms with Gasteiger partial charge in [0.1, 0.15) is 5.84 Å². The van der Waals surface area contributed by atoms with Gasteiger partial charge < -0.3 is 15.8 Å². The average molecular weight is 270 g/mol. The van der Waals surface area contributed by atoms with Gasteiger partial charge in [-0.2, -0.15) is 0 Å². The summed E-state index contributed by atoms with van der Waals surface area (Å²) in [6.45, 7) is 11.0. The Kier molecular flexibility index (Phi) is 6.07. The minimum absolute atomic E-state index is 0.222. The van der Waals surface area contributed by atoms with E-state index in [1.165, 1.54) is 19.5 Å². The minimum Gasteiger partial charge on any atom is -0.409 e. The first-order valence-electron chi connectivity index (χ1n) is 7.27. The molecule has 0 aromatic heterocycles. The van der Waals surface area contributed by atoms with Crippen molar-refractivity contribution >= 4 is 5.84 Å². The Morgan fingerprint density at radius 2 is 2.11 bits per heavy atom. The van der Waals surface area contributed by atoms with Crippen LogP contribution in [0, 0.1) is 5.41 Å². The van der Waals surface area contributed by atoms with Gasteiger partial charge in [0, 0.05) is 18.0 Å². The first-order chi connectivity index (χ1) is 8.86. The molecule has 1 saturated heterocycles. The molecule has 1 aliphatic rings. The van der Waals surface area contributed by atoms with Gasteiger partial charge >= 0.3 is 0 Å². The molecule has 1 aliphatic heterocycles. The molecule has 0 bridgehead atoms. The number of oxime groups is 1. The van der Waals surface area contributed by atoms with E-state index in [2.05, 4.69) is 28.9 Å². The molecule has 3 N–H and O–H groups in total. The predicted molar refractivity (Wildman–Crippen MR) is 79.6 cm³/mol. The minimum atomic E-state index is -0.222. The smallest absolute Gasteiger partial charge is 0.144 e. The summed E-state index contributed by atoms with van der Waals surface area (Å²) in [4.78, 5) is 4.97. The number of nitrogens with two attached hydrogens (primary N) is 1. The fourth-order valence-corrected chi connectivity index (χ4v) is 2.74. The summed E-state index contributed by atoms with van der Waals surface area (Å²) in [7, 11) is 2.20. The second kappa shape index (κ2) is 7.10. The SMILES string of the molecule is CC1CN(C)CCCN1CCCC(C)(C)C(N)=NO. The van der Waals surface area contributed by atoms with Gasteiger partial charge in [-0.05, 0) is 52.9 Å². The summed E-state index contributed by atoms with van der Waals surface area (Å²) >= 11 is 0. The quantitative estimate of drug-likeness (QED) is 0.344. The van der Waals surface area contributed by atoms with Gasteiger partial charge in [0.05, 0.1) is 0 Å². The highest BCUT2D eigenvalue weighted by Crippen LogP contribution is 2.23. The highest BCUT2D eigenvalue weighted by Gasteiger charge is 2.24. The van der Waals surface area contributed by atoms with Gasteiger partial charge in [-0.1, -0.05) is 19.0 Å². The van der Waals surface area contributed by atoms with Gasteiger partial charge in [-0.15, -0.1) is 0 Å². The largest absolute Gasteiger partial charge is 0.409 e. The number of amidine groups is 1. The molecule has 0 saturated carbocycles. The van der Waals surface area contributed by atoms with Crippen LogP contribution in [0.5, 0.6) is 0 Å². The lowest BCUT2D eigenvalue weighted by Gasteiger charge is -2.29. The summed E-state index contributed by atoms with van der Waals surface area (Å²) in [5, 5.41) is 11.9. The topological polar surface area (TPSA) is 65.1 Å². The van der Waals surface area contributed by atoms with Crippen LogP contribution < -0.4 is 5.73 Å². The monoisotopic (exact) mass is 270 g/mol. The van der Waals surface area contributed by atoms with Crippen LogP contribution in [-0.4, -0.2) is 60.1 Å². The lowest BCUT2D eigenvalue weighted by molar-refractivity contribution is 0.193. The lowest BCUT2D eigenvalue weighted by Crippen LogP contribution is -2.39. The molecule has 0 radical (unpaired) electrons. The van der Waals surface area contributed by atoms with Crippen LogP contribution in [0.25, 0.3) is 0 Å². The van der Waals surface area contributed by atoms with E-state index in [-0.39, 0.29) is 5.41 Å². The van der Waals surface area contributed by atoms with E-state index in [9.17, 15) is 0 Å². The zero-order valence-electron chi connectivity index (χ0n) is 12.9. The van der Waals surface area contributed by atoms with Crippen molar-refractivity contribution in [1.29, 1.82) is 0 Å². The maximum absolute atomic E-state index is 8.77. The molecule has 5 nitrogen and oxygen atoms in total. The van der Waals surface area contributed by atoms with Crippen LogP contribution in [0.3, 0.4) is 0 Å². The van der Waals surface area contributed by atoms with Crippen molar-refractivity contribution in [2.24, 2.45) is 16.3 Å². The van der Waals surface area contributed by atoms with Crippen LogP contribution >= 0.6 is 0 Å². The van der Waals surface area contributed by atoms with Crippen molar-refractivity contribution in [1.82, 2.24) is 9.80 Å². The molecule has 0 aromatic rings. The number of hydrogen-bond donors (Lipinski definition) is 2. The molecule has 1 unspecified atom stereocenters. The molecular formula is C14H30N4O. The fraction of sp³-hybridized carbons (Fsp3) is 0.929. The molecule has 0 aromatic carbocycles. The lowest BCUT2D eigenvalue weighted by atomic mass is 9.86. The van der Waals surface area contributed by atoms with Crippen molar-refractivity contribution in [3.63, 3.8) is 0 Å². The Bertz CT molecular complexity index is 304. The number of likely N-dealkylation sites (N-methyl/N-ethyl adjacent to an activating group) is 1. The summed E-state index contributed by atoms with van der Waals surface area (Å²) in [6, 6.07) is 0.611. The number of rotatable bonds is 5. The Labute approximate surface area is 117 Å². The van der Waals surface area contributed by atoms with E-state index in [0.29, 0.717) is 11.9 Å². The average Bonchev–Trinajstić information content (AvgIpc) is 2.50. The normalized spacial score (nSPS) is 24.4. The van der Waals surface area contributed by atoms with Gasteiger partial charge in [0.25, 0.3) is 0 Å². The van der Waals surface area contributed by atoms with Crippen LogP contribution in [0.2, 0.25) is 0 Å². The highest BCUT2D eigenvalue weighted by molar-refractivity contribution is 5.85. The molecule has 5 heteroatoms. The molecule has 0 aliphatic carbocycles. The zero-order chi connectivity index (χ0) is 14.5. The van der Waals surface area contributed by atoms with Crippen molar-refractivity contribution in [2.45, 2.75) is 46.1 Å². The maximum atomic E-state index is 8.77. The van der Waals surface area contributed by atoms with Crippen LogP contribution in [0.15, 0.2) is 5.16 Å². The van der Waals surface area contributed by atoms with Gasteiger partial charge in [-0.3, -0.25) is 4.90 Å². The second-order valence-electron chi connectivity index (χ2n) is 6.47.